The third-order valence-corrected chi connectivity index (χ3v) is 9.39. The van der Waals surface area contributed by atoms with Crippen molar-refractivity contribution >= 4 is 33.3 Å². The summed E-state index contributed by atoms with van der Waals surface area (Å²) < 4.78 is 61.2. The molecule has 3 heterocycles. The van der Waals surface area contributed by atoms with Crippen molar-refractivity contribution in [3.05, 3.63) is 65.4 Å². The number of aromatic nitrogens is 1. The Balaban J connectivity index is 1.51. The topological polar surface area (TPSA) is 89.2 Å². The first-order valence-corrected chi connectivity index (χ1v) is 15.1. The van der Waals surface area contributed by atoms with Crippen LogP contribution in [0, 0.1) is 0 Å². The molecule has 2 amide bonds. The van der Waals surface area contributed by atoms with Gasteiger partial charge in [0, 0.05) is 61.9 Å². The Morgan fingerprint density at radius 3 is 2.00 bits per heavy atom. The van der Waals surface area contributed by atoms with Crippen molar-refractivity contribution in [3.63, 3.8) is 0 Å². The fourth-order valence-electron chi connectivity index (χ4n) is 5.30. The molecule has 2 aliphatic rings. The van der Waals surface area contributed by atoms with E-state index in [0.29, 0.717) is 41.3 Å². The number of piperazine rings is 1. The standard InChI is InChI=1S/C28H33F3N4O4S/c1-19(2)32-9-11-33(12-10-32)26(36)20-3-8-24-21(17-20)18-25(27(37)34-13-15-40(38,39)16-14-34)35(24)23-6-4-22(5-7-23)28(29,30)31/h3-8,17-19,38-39H,9-16H2,1-2H3. The monoisotopic (exact) mass is 578 g/mol. The maximum absolute atomic E-state index is 13.6. The van der Waals surface area contributed by atoms with Gasteiger partial charge in [-0.1, -0.05) is 0 Å². The van der Waals surface area contributed by atoms with Crippen molar-refractivity contribution in [1.29, 1.82) is 0 Å². The zero-order valence-corrected chi connectivity index (χ0v) is 23.2. The molecule has 2 saturated heterocycles. The van der Waals surface area contributed by atoms with Crippen molar-refractivity contribution in [2.24, 2.45) is 0 Å². The van der Waals surface area contributed by atoms with E-state index in [1.54, 1.807) is 28.8 Å². The van der Waals surface area contributed by atoms with Gasteiger partial charge in [-0.3, -0.25) is 23.6 Å². The first-order chi connectivity index (χ1) is 18.8. The van der Waals surface area contributed by atoms with Crippen LogP contribution in [0.5, 0.6) is 0 Å². The van der Waals surface area contributed by atoms with E-state index in [-0.39, 0.29) is 42.1 Å². The summed E-state index contributed by atoms with van der Waals surface area (Å²) in [4.78, 5) is 32.6. The van der Waals surface area contributed by atoms with Crippen molar-refractivity contribution in [2.45, 2.75) is 26.1 Å². The van der Waals surface area contributed by atoms with E-state index in [1.165, 1.54) is 17.0 Å². The summed E-state index contributed by atoms with van der Waals surface area (Å²) >= 11 is 0. The number of nitrogens with zero attached hydrogens (tertiary/aromatic N) is 4. The molecule has 3 aromatic rings. The molecule has 2 N–H and O–H groups in total. The van der Waals surface area contributed by atoms with Crippen LogP contribution in [-0.4, -0.2) is 97.0 Å². The number of alkyl halides is 3. The third-order valence-electron chi connectivity index (χ3n) is 7.72. The number of carbonyl (C=O) groups is 2. The van der Waals surface area contributed by atoms with Crippen molar-refractivity contribution in [3.8, 4) is 5.69 Å². The number of fused-ring (bicyclic) bond motifs is 1. The maximum atomic E-state index is 13.6. The molecule has 5 rings (SSSR count). The minimum atomic E-state index is -4.50. The predicted molar refractivity (Wildman–Crippen MR) is 149 cm³/mol. The largest absolute Gasteiger partial charge is 0.416 e. The van der Waals surface area contributed by atoms with E-state index in [2.05, 4.69) is 18.7 Å². The lowest BCUT2D eigenvalue weighted by Crippen LogP contribution is -2.50. The molecule has 216 valence electrons. The van der Waals surface area contributed by atoms with Crippen LogP contribution in [-0.2, 0) is 6.18 Å². The van der Waals surface area contributed by atoms with Crippen LogP contribution in [0.15, 0.2) is 48.5 Å². The van der Waals surface area contributed by atoms with Gasteiger partial charge in [-0.25, -0.2) is 0 Å². The number of amides is 2. The number of carbonyl (C=O) groups excluding carboxylic acids is 2. The van der Waals surface area contributed by atoms with Gasteiger partial charge < -0.3 is 14.4 Å². The fraction of sp³-hybridized carbons (Fsp3) is 0.429. The molecule has 12 heteroatoms. The number of rotatable bonds is 4. The van der Waals surface area contributed by atoms with Crippen LogP contribution in [0.25, 0.3) is 16.6 Å². The lowest BCUT2D eigenvalue weighted by molar-refractivity contribution is -0.137. The van der Waals surface area contributed by atoms with Gasteiger partial charge in [-0.15, -0.1) is 0 Å². The van der Waals surface area contributed by atoms with E-state index in [9.17, 15) is 31.9 Å². The number of hydrogen-bond acceptors (Lipinski definition) is 5. The Bertz CT molecular complexity index is 1400. The van der Waals surface area contributed by atoms with Gasteiger partial charge in [0.05, 0.1) is 22.6 Å². The normalized spacial score (nSPS) is 19.3. The smallest absolute Gasteiger partial charge is 0.336 e. The summed E-state index contributed by atoms with van der Waals surface area (Å²) in [6, 6.07) is 11.8. The Hall–Kier alpha value is -3.06. The van der Waals surface area contributed by atoms with Gasteiger partial charge >= 0.3 is 6.18 Å². The third kappa shape index (κ3) is 5.71. The van der Waals surface area contributed by atoms with Gasteiger partial charge in [0.25, 0.3) is 11.8 Å². The van der Waals surface area contributed by atoms with E-state index in [1.807, 2.05) is 4.90 Å². The molecule has 0 radical (unpaired) electrons. The lowest BCUT2D eigenvalue weighted by Gasteiger charge is -2.40. The predicted octanol–water partition coefficient (Wildman–Crippen LogP) is 5.02. The first-order valence-electron chi connectivity index (χ1n) is 13.2. The highest BCUT2D eigenvalue weighted by atomic mass is 32.3. The highest BCUT2D eigenvalue weighted by Crippen LogP contribution is 2.41. The summed E-state index contributed by atoms with van der Waals surface area (Å²) in [5, 5.41) is 0.608. The molecular formula is C28H33F3N4O4S. The lowest BCUT2D eigenvalue weighted by atomic mass is 10.1. The van der Waals surface area contributed by atoms with Crippen LogP contribution in [0.4, 0.5) is 13.2 Å². The van der Waals surface area contributed by atoms with Crippen LogP contribution in [0.2, 0.25) is 0 Å². The fourth-order valence-corrected chi connectivity index (χ4v) is 6.53. The second kappa shape index (κ2) is 10.7. The van der Waals surface area contributed by atoms with E-state index in [4.69, 9.17) is 0 Å². The summed E-state index contributed by atoms with van der Waals surface area (Å²) in [6.07, 6.45) is -4.50. The molecule has 1 aromatic heterocycles. The average Bonchev–Trinajstić information content (AvgIpc) is 3.30. The zero-order chi connectivity index (χ0) is 28.8. The zero-order valence-electron chi connectivity index (χ0n) is 22.4. The molecule has 40 heavy (non-hydrogen) atoms. The summed E-state index contributed by atoms with van der Waals surface area (Å²) in [7, 11) is -2.72. The molecule has 8 nitrogen and oxygen atoms in total. The second-order valence-corrected chi connectivity index (χ2v) is 13.0. The van der Waals surface area contributed by atoms with Gasteiger partial charge in [0.1, 0.15) is 5.69 Å². The minimum Gasteiger partial charge on any atom is -0.336 e. The molecule has 0 spiro atoms. The van der Waals surface area contributed by atoms with Crippen LogP contribution in [0.3, 0.4) is 0 Å². The Morgan fingerprint density at radius 1 is 0.825 bits per heavy atom. The minimum absolute atomic E-state index is 0.0714. The molecular weight excluding hydrogens is 545 g/mol. The Labute approximate surface area is 232 Å². The van der Waals surface area contributed by atoms with Crippen molar-refractivity contribution in [1.82, 2.24) is 19.3 Å². The molecule has 0 unspecified atom stereocenters. The van der Waals surface area contributed by atoms with E-state index < -0.39 is 22.3 Å². The quantitative estimate of drug-likeness (QED) is 0.454. The summed E-state index contributed by atoms with van der Waals surface area (Å²) in [6.45, 7) is 7.36. The van der Waals surface area contributed by atoms with Crippen molar-refractivity contribution in [2.75, 3.05) is 50.8 Å². The Morgan fingerprint density at radius 2 is 1.43 bits per heavy atom. The molecule has 0 aliphatic carbocycles. The van der Waals surface area contributed by atoms with Gasteiger partial charge in [-0.2, -0.15) is 23.8 Å². The van der Waals surface area contributed by atoms with Gasteiger partial charge in [-0.05, 0) is 62.4 Å². The van der Waals surface area contributed by atoms with E-state index in [0.717, 1.165) is 25.2 Å². The second-order valence-electron chi connectivity index (χ2n) is 10.6. The highest BCUT2D eigenvalue weighted by Gasteiger charge is 2.32. The molecule has 2 fully saturated rings. The molecule has 0 bridgehead atoms. The number of benzene rings is 2. The van der Waals surface area contributed by atoms with Gasteiger partial charge in [0.15, 0.2) is 0 Å². The Kier molecular flexibility index (Phi) is 7.64. The highest BCUT2D eigenvalue weighted by molar-refractivity contribution is 8.24. The van der Waals surface area contributed by atoms with Crippen LogP contribution in [0.1, 0.15) is 40.3 Å². The maximum Gasteiger partial charge on any atom is 0.416 e. The molecule has 2 aliphatic heterocycles. The van der Waals surface area contributed by atoms with Crippen LogP contribution >= 0.6 is 10.6 Å². The molecule has 2 aromatic carbocycles. The average molecular weight is 579 g/mol. The molecule has 0 saturated carbocycles. The first kappa shape index (κ1) is 28.5. The van der Waals surface area contributed by atoms with Crippen LogP contribution < -0.4 is 0 Å². The number of halogens is 3. The van der Waals surface area contributed by atoms with Gasteiger partial charge in [0.2, 0.25) is 0 Å². The van der Waals surface area contributed by atoms with E-state index >= 15 is 0 Å². The van der Waals surface area contributed by atoms with Crippen molar-refractivity contribution < 1.29 is 31.9 Å². The summed E-state index contributed by atoms with van der Waals surface area (Å²) in [5.41, 5.74) is 0.846. The molecule has 0 atom stereocenters. The summed E-state index contributed by atoms with van der Waals surface area (Å²) in [5.74, 6) is -0.338. The number of hydrogen-bond donors (Lipinski definition) is 2. The SMILES string of the molecule is CC(C)N1CCN(C(=O)c2ccc3c(c2)cc(C(=O)N2CCS(O)(O)CC2)n3-c2ccc(C(F)(F)F)cc2)CC1.